The summed E-state index contributed by atoms with van der Waals surface area (Å²) in [6, 6.07) is 1.05. The van der Waals surface area contributed by atoms with E-state index in [0.29, 0.717) is 31.3 Å². The zero-order chi connectivity index (χ0) is 16.7. The molecule has 0 aliphatic rings. The minimum absolute atomic E-state index is 0.0838. The summed E-state index contributed by atoms with van der Waals surface area (Å²) in [4.78, 5) is 33.6. The highest BCUT2D eigenvalue weighted by molar-refractivity contribution is 5.74. The number of hydrogen-bond acceptors (Lipinski definition) is 6. The van der Waals surface area contributed by atoms with Crippen LogP contribution in [-0.2, 0) is 6.54 Å². The fourth-order valence-corrected chi connectivity index (χ4v) is 1.95. The van der Waals surface area contributed by atoms with Gasteiger partial charge < -0.3 is 16.0 Å². The van der Waals surface area contributed by atoms with E-state index in [0.717, 1.165) is 0 Å². The van der Waals surface area contributed by atoms with E-state index in [1.807, 2.05) is 6.92 Å². The Morgan fingerprint density at radius 2 is 2.26 bits per heavy atom. The second-order valence-electron chi connectivity index (χ2n) is 5.08. The molecule has 2 amide bonds. The minimum atomic E-state index is -0.273. The van der Waals surface area contributed by atoms with Gasteiger partial charge in [-0.15, -0.1) is 0 Å². The number of nitrogens with one attached hydrogen (secondary N) is 4. The molecule has 0 radical (unpaired) electrons. The number of amides is 2. The topological polar surface area (TPSA) is 130 Å². The maximum absolute atomic E-state index is 11.7. The molecule has 0 saturated carbocycles. The molecule has 1 atom stereocenters. The first kappa shape index (κ1) is 16.5. The van der Waals surface area contributed by atoms with Crippen LogP contribution in [0.2, 0.25) is 0 Å². The zero-order valence-electron chi connectivity index (χ0n) is 13.0. The third-order valence-electron chi connectivity index (χ3n) is 2.88. The number of nitrogens with zero attached hydrogens (tertiary/aromatic N) is 4. The summed E-state index contributed by atoms with van der Waals surface area (Å²) in [6.07, 6.45) is 3.04. The Labute approximate surface area is 132 Å². The number of H-pyrrole nitrogens is 1. The fraction of sp³-hybridized carbons (Fsp3) is 0.462. The molecular formula is C13H20N8O2. The number of aryl methyl sites for hydroxylation is 1. The fourth-order valence-electron chi connectivity index (χ4n) is 1.95. The van der Waals surface area contributed by atoms with Crippen molar-refractivity contribution in [3.05, 3.63) is 34.8 Å². The van der Waals surface area contributed by atoms with Gasteiger partial charge in [-0.25, -0.2) is 14.8 Å². The molecule has 124 valence electrons. The van der Waals surface area contributed by atoms with Crippen LogP contribution in [0.3, 0.4) is 0 Å². The van der Waals surface area contributed by atoms with Crippen LogP contribution in [0.4, 0.5) is 10.7 Å². The number of aromatic amines is 1. The largest absolute Gasteiger partial charge is 0.354 e. The van der Waals surface area contributed by atoms with Gasteiger partial charge in [0, 0.05) is 30.9 Å². The Balaban J connectivity index is 1.65. The average molecular weight is 320 g/mol. The van der Waals surface area contributed by atoms with Crippen LogP contribution in [0.5, 0.6) is 0 Å². The van der Waals surface area contributed by atoms with Gasteiger partial charge in [-0.2, -0.15) is 5.10 Å². The Hall–Kier alpha value is -2.91. The van der Waals surface area contributed by atoms with E-state index in [1.54, 1.807) is 17.9 Å². The Morgan fingerprint density at radius 3 is 2.96 bits per heavy atom. The van der Waals surface area contributed by atoms with Crippen LogP contribution in [0.15, 0.2) is 23.5 Å². The van der Waals surface area contributed by atoms with Gasteiger partial charge >= 0.3 is 6.03 Å². The maximum Gasteiger partial charge on any atom is 0.315 e. The van der Waals surface area contributed by atoms with Crippen LogP contribution >= 0.6 is 0 Å². The van der Waals surface area contributed by atoms with Crippen molar-refractivity contribution < 1.29 is 4.79 Å². The molecule has 0 aliphatic carbocycles. The molecule has 23 heavy (non-hydrogen) atoms. The molecule has 0 bridgehead atoms. The molecule has 2 heterocycles. The van der Waals surface area contributed by atoms with E-state index in [9.17, 15) is 9.59 Å². The maximum atomic E-state index is 11.7. The first-order valence-corrected chi connectivity index (χ1v) is 7.21. The third-order valence-corrected chi connectivity index (χ3v) is 2.88. The minimum Gasteiger partial charge on any atom is -0.354 e. The van der Waals surface area contributed by atoms with E-state index in [-0.39, 0.29) is 17.6 Å². The zero-order valence-corrected chi connectivity index (χ0v) is 13.0. The lowest BCUT2D eigenvalue weighted by molar-refractivity contribution is 0.236. The Morgan fingerprint density at radius 1 is 1.43 bits per heavy atom. The highest BCUT2D eigenvalue weighted by Crippen LogP contribution is 1.94. The number of rotatable bonds is 7. The van der Waals surface area contributed by atoms with Crippen molar-refractivity contribution >= 4 is 12.0 Å². The van der Waals surface area contributed by atoms with E-state index in [1.165, 1.54) is 12.4 Å². The Bertz CT molecular complexity index is 682. The first-order valence-electron chi connectivity index (χ1n) is 7.21. The quantitative estimate of drug-likeness (QED) is 0.507. The lowest BCUT2D eigenvalue weighted by atomic mass is 10.3. The molecule has 0 saturated heterocycles. The normalized spacial score (nSPS) is 11.7. The standard InChI is InChI=1S/C13H20N8O2/c1-9-5-11(22)20-12(18-9)15-3-4-16-13(23)19-10(2)6-21-8-14-7-17-21/h5,7-8,10H,3-4,6H2,1-2H3,(H2,16,19,23)(H2,15,18,20,22)/t10-/m1/s1. The predicted octanol–water partition coefficient (Wildman–Crippen LogP) is -0.530. The molecule has 0 fully saturated rings. The molecule has 2 rings (SSSR count). The van der Waals surface area contributed by atoms with Gasteiger partial charge in [0.15, 0.2) is 0 Å². The second kappa shape index (κ2) is 7.92. The number of carbonyl (C=O) groups excluding carboxylic acids is 1. The van der Waals surface area contributed by atoms with Gasteiger partial charge in [-0.3, -0.25) is 14.5 Å². The second-order valence-corrected chi connectivity index (χ2v) is 5.08. The number of hydrogen-bond donors (Lipinski definition) is 4. The number of aromatic nitrogens is 5. The summed E-state index contributed by atoms with van der Waals surface area (Å²) >= 11 is 0. The van der Waals surface area contributed by atoms with E-state index in [2.05, 4.69) is 36.0 Å². The summed E-state index contributed by atoms with van der Waals surface area (Å²) in [6.45, 7) is 4.99. The molecule has 10 heteroatoms. The molecular weight excluding hydrogens is 300 g/mol. The number of anilines is 1. The van der Waals surface area contributed by atoms with Crippen molar-refractivity contribution in [3.8, 4) is 0 Å². The van der Waals surface area contributed by atoms with E-state index in [4.69, 9.17) is 0 Å². The van der Waals surface area contributed by atoms with Crippen molar-refractivity contribution in [1.29, 1.82) is 0 Å². The van der Waals surface area contributed by atoms with Gasteiger partial charge in [0.1, 0.15) is 12.7 Å². The van der Waals surface area contributed by atoms with Crippen LogP contribution < -0.4 is 21.5 Å². The van der Waals surface area contributed by atoms with E-state index >= 15 is 0 Å². The summed E-state index contributed by atoms with van der Waals surface area (Å²) in [5.41, 5.74) is 0.413. The predicted molar refractivity (Wildman–Crippen MR) is 84.1 cm³/mol. The lowest BCUT2D eigenvalue weighted by Gasteiger charge is -2.14. The summed E-state index contributed by atoms with van der Waals surface area (Å²) in [7, 11) is 0. The van der Waals surface area contributed by atoms with Crippen LogP contribution in [0, 0.1) is 6.92 Å². The van der Waals surface area contributed by atoms with Crippen LogP contribution in [0.1, 0.15) is 12.6 Å². The van der Waals surface area contributed by atoms with Crippen molar-refractivity contribution in [2.75, 3.05) is 18.4 Å². The molecule has 0 aliphatic heterocycles. The van der Waals surface area contributed by atoms with Crippen molar-refractivity contribution in [2.24, 2.45) is 0 Å². The SMILES string of the molecule is Cc1cc(=O)[nH]c(NCCNC(=O)N[C@H](C)Cn2cncn2)n1. The van der Waals surface area contributed by atoms with Gasteiger partial charge in [-0.1, -0.05) is 0 Å². The molecule has 0 unspecified atom stereocenters. The molecule has 4 N–H and O–H groups in total. The van der Waals surface area contributed by atoms with Gasteiger partial charge in [0.2, 0.25) is 5.95 Å². The highest BCUT2D eigenvalue weighted by atomic mass is 16.2. The number of urea groups is 1. The van der Waals surface area contributed by atoms with Crippen LogP contribution in [-0.4, -0.2) is 49.9 Å². The van der Waals surface area contributed by atoms with Crippen molar-refractivity contribution in [1.82, 2.24) is 35.4 Å². The van der Waals surface area contributed by atoms with Gasteiger partial charge in [-0.05, 0) is 13.8 Å². The van der Waals surface area contributed by atoms with Gasteiger partial charge in [0.05, 0.1) is 6.54 Å². The molecule has 0 aromatic carbocycles. The highest BCUT2D eigenvalue weighted by Gasteiger charge is 2.07. The lowest BCUT2D eigenvalue weighted by Crippen LogP contribution is -2.44. The van der Waals surface area contributed by atoms with E-state index < -0.39 is 0 Å². The van der Waals surface area contributed by atoms with Crippen LogP contribution in [0.25, 0.3) is 0 Å². The van der Waals surface area contributed by atoms with Gasteiger partial charge in [0.25, 0.3) is 5.56 Å². The molecule has 2 aromatic heterocycles. The number of carbonyl (C=O) groups is 1. The van der Waals surface area contributed by atoms with Crippen molar-refractivity contribution in [3.63, 3.8) is 0 Å². The smallest absolute Gasteiger partial charge is 0.315 e. The summed E-state index contributed by atoms with van der Waals surface area (Å²) in [5, 5.41) is 12.4. The molecule has 10 nitrogen and oxygen atoms in total. The third kappa shape index (κ3) is 5.77. The molecule has 0 spiro atoms. The summed E-state index contributed by atoms with van der Waals surface area (Å²) < 4.78 is 1.65. The first-order chi connectivity index (χ1) is 11.0. The monoisotopic (exact) mass is 320 g/mol. The molecule has 2 aromatic rings. The summed E-state index contributed by atoms with van der Waals surface area (Å²) in [5.74, 6) is 0.386. The average Bonchev–Trinajstić information content (AvgIpc) is 2.95. The van der Waals surface area contributed by atoms with Crippen molar-refractivity contribution in [2.45, 2.75) is 26.4 Å². The Kier molecular flexibility index (Phi) is 5.67.